The first-order chi connectivity index (χ1) is 12.8. The summed E-state index contributed by atoms with van der Waals surface area (Å²) in [5.41, 5.74) is 0. The molecule has 2 amide bonds. The van der Waals surface area contributed by atoms with Crippen LogP contribution in [-0.4, -0.2) is 88.7 Å². The highest BCUT2D eigenvalue weighted by molar-refractivity contribution is 7.81. The number of ether oxygens (including phenoxy) is 4. The number of hydrogen-bond donors (Lipinski definition) is 3. The van der Waals surface area contributed by atoms with E-state index in [-0.39, 0.29) is 44.3 Å². The average molecular weight is 413 g/mol. The van der Waals surface area contributed by atoms with Crippen molar-refractivity contribution in [2.45, 2.75) is 38.3 Å². The molecule has 0 aliphatic carbocycles. The molecule has 0 radical (unpaired) electrons. The summed E-state index contributed by atoms with van der Waals surface area (Å²) >= 11 is 3.95. The van der Waals surface area contributed by atoms with Crippen LogP contribution in [0, 0.1) is 0 Å². The van der Waals surface area contributed by atoms with Crippen LogP contribution in [-0.2, 0) is 28.5 Å². The molecular weight excluding hydrogens is 379 g/mol. The molecule has 0 bridgehead atoms. The standard InChI is InChI=1S/C17H33FN2O6S/c1-13(2)26-12-16(21)19-4-5-23-6-7-24-8-9-25-11-15(18)10-20-17(22)14(3)27/h13-15,27H,4-12H2,1-3H3,(H,19,21)(H,20,22). The highest BCUT2D eigenvalue weighted by Crippen LogP contribution is 1.95. The summed E-state index contributed by atoms with van der Waals surface area (Å²) in [7, 11) is 0. The monoisotopic (exact) mass is 412 g/mol. The molecule has 0 aliphatic rings. The van der Waals surface area contributed by atoms with E-state index in [9.17, 15) is 14.0 Å². The molecule has 2 atom stereocenters. The number of amides is 2. The third kappa shape index (κ3) is 18.2. The number of nitrogens with one attached hydrogen (secondary N) is 2. The fraction of sp³-hybridized carbons (Fsp3) is 0.882. The zero-order chi connectivity index (χ0) is 20.5. The van der Waals surface area contributed by atoms with E-state index >= 15 is 0 Å². The van der Waals surface area contributed by atoms with Gasteiger partial charge in [0.15, 0.2) is 0 Å². The van der Waals surface area contributed by atoms with Gasteiger partial charge >= 0.3 is 0 Å². The van der Waals surface area contributed by atoms with E-state index in [2.05, 4.69) is 23.3 Å². The second kappa shape index (κ2) is 17.2. The Balaban J connectivity index is 3.31. The first kappa shape index (κ1) is 26.1. The van der Waals surface area contributed by atoms with E-state index in [1.165, 1.54) is 0 Å². The van der Waals surface area contributed by atoms with Crippen LogP contribution in [0.5, 0.6) is 0 Å². The Morgan fingerprint density at radius 2 is 1.56 bits per heavy atom. The van der Waals surface area contributed by atoms with Gasteiger partial charge in [0.25, 0.3) is 0 Å². The predicted octanol–water partition coefficient (Wildman–Crippen LogP) is 0.350. The fourth-order valence-corrected chi connectivity index (χ4v) is 1.72. The molecule has 0 heterocycles. The Labute approximate surface area is 166 Å². The average Bonchev–Trinajstić information content (AvgIpc) is 2.62. The van der Waals surface area contributed by atoms with E-state index in [0.29, 0.717) is 33.0 Å². The largest absolute Gasteiger partial charge is 0.377 e. The van der Waals surface area contributed by atoms with Crippen LogP contribution in [0.15, 0.2) is 0 Å². The molecule has 0 saturated heterocycles. The summed E-state index contributed by atoms with van der Waals surface area (Å²) in [6, 6.07) is 0. The van der Waals surface area contributed by atoms with Gasteiger partial charge in [-0.15, -0.1) is 0 Å². The van der Waals surface area contributed by atoms with Crippen LogP contribution < -0.4 is 10.6 Å². The van der Waals surface area contributed by atoms with Crippen LogP contribution in [0.1, 0.15) is 20.8 Å². The summed E-state index contributed by atoms with van der Waals surface area (Å²) in [4.78, 5) is 22.6. The van der Waals surface area contributed by atoms with Crippen LogP contribution >= 0.6 is 12.6 Å². The lowest BCUT2D eigenvalue weighted by atomic mass is 10.3. The molecule has 2 N–H and O–H groups in total. The molecular formula is C17H33FN2O6S. The zero-order valence-corrected chi connectivity index (χ0v) is 17.3. The maximum absolute atomic E-state index is 13.5. The Bertz CT molecular complexity index is 402. The molecule has 0 aromatic rings. The van der Waals surface area contributed by atoms with Crippen LogP contribution in [0.2, 0.25) is 0 Å². The van der Waals surface area contributed by atoms with Crippen molar-refractivity contribution in [3.63, 3.8) is 0 Å². The Morgan fingerprint density at radius 1 is 0.963 bits per heavy atom. The van der Waals surface area contributed by atoms with E-state index in [0.717, 1.165) is 0 Å². The Morgan fingerprint density at radius 3 is 2.15 bits per heavy atom. The number of halogens is 1. The van der Waals surface area contributed by atoms with Gasteiger partial charge in [-0.2, -0.15) is 12.6 Å². The molecule has 8 nitrogen and oxygen atoms in total. The highest BCUT2D eigenvalue weighted by atomic mass is 32.1. The summed E-state index contributed by atoms with van der Waals surface area (Å²) in [6.45, 7) is 7.30. The molecule has 0 aromatic heterocycles. The van der Waals surface area contributed by atoms with Crippen LogP contribution in [0.25, 0.3) is 0 Å². The van der Waals surface area contributed by atoms with Gasteiger partial charge in [-0.3, -0.25) is 9.59 Å². The van der Waals surface area contributed by atoms with Gasteiger partial charge in [-0.25, -0.2) is 4.39 Å². The Hall–Kier alpha value is -0.940. The molecule has 0 fully saturated rings. The molecule has 0 aromatic carbocycles. The number of rotatable bonds is 17. The number of carbonyl (C=O) groups is 2. The maximum Gasteiger partial charge on any atom is 0.246 e. The van der Waals surface area contributed by atoms with Crippen molar-refractivity contribution in [2.24, 2.45) is 0 Å². The maximum atomic E-state index is 13.5. The Kier molecular flexibility index (Phi) is 16.6. The SMILES string of the molecule is CC(C)OCC(=O)NCCOCCOCCOCC(F)CNC(=O)C(C)S. The highest BCUT2D eigenvalue weighted by Gasteiger charge is 2.11. The first-order valence-electron chi connectivity index (χ1n) is 9.04. The van der Waals surface area contributed by atoms with Crippen molar-refractivity contribution in [2.75, 3.05) is 59.3 Å². The van der Waals surface area contributed by atoms with Gasteiger partial charge in [-0.05, 0) is 20.8 Å². The molecule has 0 rings (SSSR count). The third-order valence-corrected chi connectivity index (χ3v) is 3.27. The zero-order valence-electron chi connectivity index (χ0n) is 16.4. The number of alkyl halides is 1. The van der Waals surface area contributed by atoms with Crippen molar-refractivity contribution < 1.29 is 32.9 Å². The molecule has 10 heteroatoms. The third-order valence-electron chi connectivity index (χ3n) is 3.04. The molecule has 27 heavy (non-hydrogen) atoms. The quantitative estimate of drug-likeness (QED) is 0.236. The van der Waals surface area contributed by atoms with Crippen LogP contribution in [0.4, 0.5) is 4.39 Å². The smallest absolute Gasteiger partial charge is 0.246 e. The second-order valence-electron chi connectivity index (χ2n) is 6.03. The summed E-state index contributed by atoms with van der Waals surface area (Å²) in [5, 5.41) is 4.64. The fourth-order valence-electron chi connectivity index (χ4n) is 1.63. The lowest BCUT2D eigenvalue weighted by molar-refractivity contribution is -0.127. The topological polar surface area (TPSA) is 95.1 Å². The molecule has 2 unspecified atom stereocenters. The van der Waals surface area contributed by atoms with Gasteiger partial charge in [0.2, 0.25) is 11.8 Å². The molecule has 160 valence electrons. The minimum atomic E-state index is -1.27. The number of hydrogen-bond acceptors (Lipinski definition) is 7. The lowest BCUT2D eigenvalue weighted by Crippen LogP contribution is -2.36. The van der Waals surface area contributed by atoms with Crippen LogP contribution in [0.3, 0.4) is 0 Å². The van der Waals surface area contributed by atoms with Gasteiger partial charge in [0.1, 0.15) is 12.8 Å². The van der Waals surface area contributed by atoms with E-state index in [4.69, 9.17) is 18.9 Å². The minimum Gasteiger partial charge on any atom is -0.377 e. The normalized spacial score (nSPS) is 13.4. The van der Waals surface area contributed by atoms with Crippen molar-refractivity contribution in [3.8, 4) is 0 Å². The lowest BCUT2D eigenvalue weighted by Gasteiger charge is -2.12. The van der Waals surface area contributed by atoms with Gasteiger partial charge < -0.3 is 29.6 Å². The minimum absolute atomic E-state index is 0.0201. The molecule has 0 spiro atoms. The number of carbonyl (C=O) groups excluding carboxylic acids is 2. The van der Waals surface area contributed by atoms with E-state index in [1.54, 1.807) is 6.92 Å². The molecule has 0 aliphatic heterocycles. The summed E-state index contributed by atoms with van der Waals surface area (Å²) in [6.07, 6.45) is -1.25. The first-order valence-corrected chi connectivity index (χ1v) is 9.56. The van der Waals surface area contributed by atoms with Crippen molar-refractivity contribution in [1.29, 1.82) is 0 Å². The summed E-state index contributed by atoms with van der Waals surface area (Å²) in [5.74, 6) is -0.487. The van der Waals surface area contributed by atoms with Gasteiger partial charge in [0.05, 0.1) is 57.5 Å². The van der Waals surface area contributed by atoms with E-state index < -0.39 is 11.4 Å². The molecule has 0 saturated carbocycles. The van der Waals surface area contributed by atoms with E-state index in [1.807, 2.05) is 13.8 Å². The predicted molar refractivity (Wildman–Crippen MR) is 103 cm³/mol. The second-order valence-corrected chi connectivity index (χ2v) is 6.80. The van der Waals surface area contributed by atoms with Crippen molar-refractivity contribution >= 4 is 24.4 Å². The van der Waals surface area contributed by atoms with Gasteiger partial charge in [-0.1, -0.05) is 0 Å². The number of thiol groups is 1. The van der Waals surface area contributed by atoms with Gasteiger partial charge in [0, 0.05) is 6.54 Å². The summed E-state index contributed by atoms with van der Waals surface area (Å²) < 4.78 is 34.3. The van der Waals surface area contributed by atoms with Crippen molar-refractivity contribution in [1.82, 2.24) is 10.6 Å². The van der Waals surface area contributed by atoms with Crippen molar-refractivity contribution in [3.05, 3.63) is 0 Å².